The Morgan fingerprint density at radius 2 is 2.06 bits per heavy atom. The van der Waals surface area contributed by atoms with Gasteiger partial charge in [-0.25, -0.2) is 4.98 Å². The third-order valence-corrected chi connectivity index (χ3v) is 6.30. The number of aromatic nitrogens is 3. The Labute approximate surface area is 204 Å². The molecule has 3 heterocycles. The number of rotatable bonds is 7. The Kier molecular flexibility index (Phi) is 6.37. The second-order valence-electron chi connectivity index (χ2n) is 9.25. The summed E-state index contributed by atoms with van der Waals surface area (Å²) in [5, 5.41) is 18.0. The van der Waals surface area contributed by atoms with Crippen LogP contribution in [-0.4, -0.2) is 40.2 Å². The fourth-order valence-corrected chi connectivity index (χ4v) is 4.52. The highest BCUT2D eigenvalue weighted by molar-refractivity contribution is 6.04. The van der Waals surface area contributed by atoms with Gasteiger partial charge in [0.25, 0.3) is 5.91 Å². The van der Waals surface area contributed by atoms with E-state index in [4.69, 9.17) is 4.74 Å². The molecule has 0 saturated carbocycles. The van der Waals surface area contributed by atoms with E-state index < -0.39 is 0 Å². The molecule has 0 spiro atoms. The van der Waals surface area contributed by atoms with E-state index in [0.29, 0.717) is 40.5 Å². The number of carbonyl (C=O) groups excluding carboxylic acids is 1. The Balaban J connectivity index is 1.35. The van der Waals surface area contributed by atoms with E-state index in [1.807, 2.05) is 30.3 Å². The SMILES string of the molecule is Cc1cc(NC(=O)c2cccc(Oc3ccnc4[nH]nc(NC5CCNC5)c34)c2)ccc1C(C)C. The van der Waals surface area contributed by atoms with Gasteiger partial charge in [-0.05, 0) is 67.3 Å². The highest BCUT2D eigenvalue weighted by Gasteiger charge is 2.19. The van der Waals surface area contributed by atoms with Gasteiger partial charge >= 0.3 is 0 Å². The van der Waals surface area contributed by atoms with Gasteiger partial charge in [-0.1, -0.05) is 26.0 Å². The minimum absolute atomic E-state index is 0.188. The Hall–Kier alpha value is -3.91. The maximum absolute atomic E-state index is 13.0. The van der Waals surface area contributed by atoms with Crippen molar-refractivity contribution in [3.05, 3.63) is 71.4 Å². The molecule has 1 saturated heterocycles. The molecule has 1 aliphatic rings. The number of fused-ring (bicyclic) bond motifs is 1. The number of carbonyl (C=O) groups is 1. The molecule has 5 rings (SSSR count). The number of pyridine rings is 1. The molecule has 180 valence electrons. The van der Waals surface area contributed by atoms with Crippen molar-refractivity contribution in [1.29, 1.82) is 0 Å². The van der Waals surface area contributed by atoms with Gasteiger partial charge in [0.15, 0.2) is 11.5 Å². The van der Waals surface area contributed by atoms with Crippen LogP contribution >= 0.6 is 0 Å². The van der Waals surface area contributed by atoms with Crippen molar-refractivity contribution in [2.45, 2.75) is 39.2 Å². The summed E-state index contributed by atoms with van der Waals surface area (Å²) in [5.41, 5.74) is 4.37. The fraction of sp³-hybridized carbons (Fsp3) is 0.296. The van der Waals surface area contributed by atoms with Crippen molar-refractivity contribution in [3.63, 3.8) is 0 Å². The molecule has 1 fully saturated rings. The predicted molar refractivity (Wildman–Crippen MR) is 139 cm³/mol. The minimum atomic E-state index is -0.188. The molecule has 2 aromatic heterocycles. The van der Waals surface area contributed by atoms with Gasteiger partial charge in [-0.2, -0.15) is 5.10 Å². The van der Waals surface area contributed by atoms with Gasteiger partial charge in [0, 0.05) is 36.1 Å². The summed E-state index contributed by atoms with van der Waals surface area (Å²) in [5.74, 6) is 2.15. The first-order valence-electron chi connectivity index (χ1n) is 12.0. The number of ether oxygens (including phenoxy) is 1. The van der Waals surface area contributed by atoms with E-state index in [-0.39, 0.29) is 5.91 Å². The average Bonchev–Trinajstić information content (AvgIpc) is 3.50. The second kappa shape index (κ2) is 9.76. The van der Waals surface area contributed by atoms with Gasteiger partial charge in [-0.15, -0.1) is 0 Å². The van der Waals surface area contributed by atoms with Crippen LogP contribution in [0, 0.1) is 6.92 Å². The number of nitrogens with zero attached hydrogens (tertiary/aromatic N) is 2. The van der Waals surface area contributed by atoms with Gasteiger partial charge in [0.05, 0.1) is 0 Å². The van der Waals surface area contributed by atoms with E-state index >= 15 is 0 Å². The van der Waals surface area contributed by atoms with Crippen LogP contribution in [0.2, 0.25) is 0 Å². The summed E-state index contributed by atoms with van der Waals surface area (Å²) in [6, 6.07) is 15.3. The number of aryl methyl sites for hydroxylation is 1. The number of hydrogen-bond acceptors (Lipinski definition) is 6. The lowest BCUT2D eigenvalue weighted by Crippen LogP contribution is -2.22. The molecule has 1 amide bonds. The number of hydrogen-bond donors (Lipinski definition) is 4. The van der Waals surface area contributed by atoms with Crippen molar-refractivity contribution in [3.8, 4) is 11.5 Å². The van der Waals surface area contributed by atoms with Crippen LogP contribution in [0.25, 0.3) is 11.0 Å². The van der Waals surface area contributed by atoms with Gasteiger partial charge in [0.2, 0.25) is 0 Å². The summed E-state index contributed by atoms with van der Waals surface area (Å²) in [6.45, 7) is 8.27. The fourth-order valence-electron chi connectivity index (χ4n) is 4.52. The molecule has 8 heteroatoms. The van der Waals surface area contributed by atoms with E-state index in [1.165, 1.54) is 5.56 Å². The Bertz CT molecular complexity index is 1360. The molecular formula is C27H30N6O2. The number of amides is 1. The van der Waals surface area contributed by atoms with Crippen LogP contribution in [-0.2, 0) is 0 Å². The molecule has 8 nitrogen and oxygen atoms in total. The normalized spacial score (nSPS) is 15.5. The van der Waals surface area contributed by atoms with Crippen LogP contribution in [0.1, 0.15) is 47.7 Å². The largest absolute Gasteiger partial charge is 0.456 e. The lowest BCUT2D eigenvalue weighted by atomic mass is 9.97. The van der Waals surface area contributed by atoms with Crippen LogP contribution in [0.15, 0.2) is 54.7 Å². The van der Waals surface area contributed by atoms with Crippen molar-refractivity contribution < 1.29 is 9.53 Å². The standard InChI is InChI=1S/C27H30N6O2/c1-16(2)22-8-7-19(13-17(22)3)31-27(34)18-5-4-6-21(14-18)35-23-10-12-29-25-24(23)26(33-32-25)30-20-9-11-28-15-20/h4-8,10,12-14,16,20,28H,9,11,15H2,1-3H3,(H,31,34)(H2,29,30,32,33). The molecule has 0 radical (unpaired) electrons. The highest BCUT2D eigenvalue weighted by atomic mass is 16.5. The molecule has 1 atom stereocenters. The maximum atomic E-state index is 13.0. The average molecular weight is 471 g/mol. The Morgan fingerprint density at radius 1 is 1.17 bits per heavy atom. The lowest BCUT2D eigenvalue weighted by molar-refractivity contribution is 0.102. The molecule has 0 aliphatic carbocycles. The summed E-state index contributed by atoms with van der Waals surface area (Å²) in [6.07, 6.45) is 2.71. The van der Waals surface area contributed by atoms with Gasteiger partial charge < -0.3 is 20.7 Å². The first kappa shape index (κ1) is 22.9. The quantitative estimate of drug-likeness (QED) is 0.296. The van der Waals surface area contributed by atoms with Crippen molar-refractivity contribution in [2.75, 3.05) is 23.7 Å². The van der Waals surface area contributed by atoms with E-state index in [2.05, 4.69) is 58.0 Å². The molecule has 4 aromatic rings. The van der Waals surface area contributed by atoms with Gasteiger partial charge in [-0.3, -0.25) is 9.89 Å². The summed E-state index contributed by atoms with van der Waals surface area (Å²) in [4.78, 5) is 17.3. The zero-order valence-corrected chi connectivity index (χ0v) is 20.2. The molecule has 0 bridgehead atoms. The third kappa shape index (κ3) is 4.97. The van der Waals surface area contributed by atoms with E-state index in [0.717, 1.165) is 36.1 Å². The summed E-state index contributed by atoms with van der Waals surface area (Å²) < 4.78 is 6.22. The third-order valence-electron chi connectivity index (χ3n) is 6.30. The van der Waals surface area contributed by atoms with Crippen LogP contribution in [0.5, 0.6) is 11.5 Å². The molecular weight excluding hydrogens is 440 g/mol. The zero-order chi connectivity index (χ0) is 24.4. The first-order chi connectivity index (χ1) is 17.0. The summed E-state index contributed by atoms with van der Waals surface area (Å²) >= 11 is 0. The smallest absolute Gasteiger partial charge is 0.255 e. The number of benzene rings is 2. The Morgan fingerprint density at radius 3 is 2.83 bits per heavy atom. The van der Waals surface area contributed by atoms with Crippen LogP contribution in [0.3, 0.4) is 0 Å². The van der Waals surface area contributed by atoms with Crippen LogP contribution in [0.4, 0.5) is 11.5 Å². The second-order valence-corrected chi connectivity index (χ2v) is 9.25. The monoisotopic (exact) mass is 470 g/mol. The zero-order valence-electron chi connectivity index (χ0n) is 20.2. The lowest BCUT2D eigenvalue weighted by Gasteiger charge is -2.13. The van der Waals surface area contributed by atoms with Crippen LogP contribution < -0.4 is 20.7 Å². The molecule has 4 N–H and O–H groups in total. The number of nitrogens with one attached hydrogen (secondary N) is 4. The van der Waals surface area contributed by atoms with Crippen molar-refractivity contribution >= 4 is 28.4 Å². The maximum Gasteiger partial charge on any atom is 0.255 e. The number of anilines is 2. The number of aromatic amines is 1. The molecule has 1 unspecified atom stereocenters. The van der Waals surface area contributed by atoms with Crippen molar-refractivity contribution in [2.24, 2.45) is 0 Å². The van der Waals surface area contributed by atoms with E-state index in [9.17, 15) is 4.79 Å². The minimum Gasteiger partial charge on any atom is -0.456 e. The predicted octanol–water partition coefficient (Wildman–Crippen LogP) is 5.21. The first-order valence-corrected chi connectivity index (χ1v) is 12.0. The molecule has 2 aromatic carbocycles. The topological polar surface area (TPSA) is 104 Å². The van der Waals surface area contributed by atoms with E-state index in [1.54, 1.807) is 18.3 Å². The number of H-pyrrole nitrogens is 1. The molecule has 35 heavy (non-hydrogen) atoms. The molecule has 1 aliphatic heterocycles. The summed E-state index contributed by atoms with van der Waals surface area (Å²) in [7, 11) is 0. The van der Waals surface area contributed by atoms with Gasteiger partial charge in [0.1, 0.15) is 16.9 Å². The highest BCUT2D eigenvalue weighted by Crippen LogP contribution is 2.33. The van der Waals surface area contributed by atoms with Crippen molar-refractivity contribution in [1.82, 2.24) is 20.5 Å².